The summed E-state index contributed by atoms with van der Waals surface area (Å²) in [6.45, 7) is 0. The first-order valence-electron chi connectivity index (χ1n) is 1.12. The van der Waals surface area contributed by atoms with Crippen LogP contribution in [0.15, 0.2) is 0 Å². The molecule has 0 heterocycles. The van der Waals surface area contributed by atoms with Crippen molar-refractivity contribution in [3.8, 4) is 0 Å². The van der Waals surface area contributed by atoms with Crippen LogP contribution < -0.4 is 5.14 Å². The van der Waals surface area contributed by atoms with Crippen molar-refractivity contribution in [3.63, 3.8) is 0 Å². The Kier molecular flexibility index (Phi) is 2.30. The third-order valence-corrected chi connectivity index (χ3v) is 3.06. The topological polar surface area (TPSA) is 60.2 Å². The van der Waals surface area contributed by atoms with Crippen molar-refractivity contribution in [2.45, 2.75) is 0 Å². The average Bonchev–Trinajstić information content (AvgIpc) is 1.35. The maximum absolute atomic E-state index is 9.77. The maximum atomic E-state index is 9.77. The van der Waals surface area contributed by atoms with Crippen LogP contribution >= 0.6 is 22.6 Å². The maximum Gasteiger partial charge on any atom is 0.218 e. The SMILES string of the molecule is NS(=O)(=O)CI. The molecular weight excluding hydrogens is 217 g/mol. The van der Waals surface area contributed by atoms with Gasteiger partial charge in [-0.15, -0.1) is 0 Å². The summed E-state index contributed by atoms with van der Waals surface area (Å²) in [6.07, 6.45) is 0. The number of alkyl halides is 1. The molecule has 6 heavy (non-hydrogen) atoms. The van der Waals surface area contributed by atoms with Gasteiger partial charge in [0.2, 0.25) is 10.0 Å². The van der Waals surface area contributed by atoms with Gasteiger partial charge >= 0.3 is 0 Å². The number of halogens is 1. The number of primary sulfonamides is 1. The Morgan fingerprint density at radius 2 is 1.83 bits per heavy atom. The fourth-order valence-corrected chi connectivity index (χ4v) is 0. The van der Waals surface area contributed by atoms with Crippen molar-refractivity contribution < 1.29 is 8.42 Å². The Morgan fingerprint density at radius 3 is 1.83 bits per heavy atom. The van der Waals surface area contributed by atoms with E-state index < -0.39 is 10.0 Å². The van der Waals surface area contributed by atoms with Crippen molar-refractivity contribution in [3.05, 3.63) is 0 Å². The summed E-state index contributed by atoms with van der Waals surface area (Å²) in [4.78, 5) is 0. The minimum absolute atomic E-state index is 0.00917. The highest BCUT2D eigenvalue weighted by Gasteiger charge is 1.92. The minimum atomic E-state index is -3.18. The first-order valence-corrected chi connectivity index (χ1v) is 4.37. The highest BCUT2D eigenvalue weighted by Crippen LogP contribution is 1.83. The van der Waals surface area contributed by atoms with E-state index in [1.165, 1.54) is 0 Å². The van der Waals surface area contributed by atoms with E-state index in [4.69, 9.17) is 0 Å². The van der Waals surface area contributed by atoms with Crippen LogP contribution in [0.25, 0.3) is 0 Å². The lowest BCUT2D eigenvalue weighted by atomic mass is 12.0. The third kappa shape index (κ3) is 4.64. The smallest absolute Gasteiger partial charge is 0.218 e. The zero-order valence-corrected chi connectivity index (χ0v) is 5.86. The molecule has 0 saturated carbocycles. The second-order valence-corrected chi connectivity index (χ2v) is 4.18. The molecule has 0 saturated heterocycles. The molecule has 0 spiro atoms. The zero-order chi connectivity index (χ0) is 5.21. The Hall–Kier alpha value is 0.640. The molecule has 2 N–H and O–H groups in total. The normalized spacial score (nSPS) is 11.7. The Labute approximate surface area is 50.1 Å². The molecule has 0 fully saturated rings. The highest BCUT2D eigenvalue weighted by molar-refractivity contribution is 14.1. The van der Waals surface area contributed by atoms with Crippen LogP contribution in [-0.2, 0) is 10.0 Å². The predicted molar refractivity (Wildman–Crippen MR) is 32.0 cm³/mol. The monoisotopic (exact) mass is 221 g/mol. The van der Waals surface area contributed by atoms with Gasteiger partial charge in [-0.2, -0.15) is 0 Å². The van der Waals surface area contributed by atoms with Crippen molar-refractivity contribution in [2.75, 3.05) is 3.76 Å². The Bertz CT molecular complexity index is 116. The lowest BCUT2D eigenvalue weighted by Gasteiger charge is -1.80. The molecule has 38 valence electrons. The molecule has 0 aliphatic heterocycles. The molecule has 5 heteroatoms. The summed E-state index contributed by atoms with van der Waals surface area (Å²) < 4.78 is 19.5. The van der Waals surface area contributed by atoms with Gasteiger partial charge in [0, 0.05) is 0 Å². The molecule has 3 nitrogen and oxygen atoms in total. The molecule has 0 aliphatic carbocycles. The van der Waals surface area contributed by atoms with E-state index in [9.17, 15) is 8.42 Å². The average molecular weight is 221 g/mol. The van der Waals surface area contributed by atoms with E-state index in [0.29, 0.717) is 0 Å². The largest absolute Gasteiger partial charge is 0.228 e. The van der Waals surface area contributed by atoms with Gasteiger partial charge in [0.15, 0.2) is 0 Å². The first-order chi connectivity index (χ1) is 2.56. The summed E-state index contributed by atoms with van der Waals surface area (Å²) in [5, 5.41) is 4.50. The molecule has 0 atom stereocenters. The Morgan fingerprint density at radius 1 is 1.67 bits per heavy atom. The molecule has 0 aliphatic rings. The summed E-state index contributed by atoms with van der Waals surface area (Å²) in [5.74, 6) is 0. The van der Waals surface area contributed by atoms with Crippen LogP contribution in [0.4, 0.5) is 0 Å². The second kappa shape index (κ2) is 2.08. The molecule has 0 amide bonds. The van der Waals surface area contributed by atoms with Gasteiger partial charge in [0.25, 0.3) is 0 Å². The van der Waals surface area contributed by atoms with Crippen LogP contribution in [0.2, 0.25) is 0 Å². The molecule has 0 aromatic heterocycles. The summed E-state index contributed by atoms with van der Waals surface area (Å²) in [7, 11) is -3.18. The van der Waals surface area contributed by atoms with Crippen LogP contribution in [0.1, 0.15) is 0 Å². The van der Waals surface area contributed by atoms with Gasteiger partial charge in [-0.25, -0.2) is 13.6 Å². The van der Waals surface area contributed by atoms with Gasteiger partial charge in [0.1, 0.15) is 3.76 Å². The molecule has 0 radical (unpaired) electrons. The van der Waals surface area contributed by atoms with E-state index in [-0.39, 0.29) is 3.76 Å². The molecule has 0 bridgehead atoms. The third-order valence-electron chi connectivity index (χ3n) is 0.152. The van der Waals surface area contributed by atoms with E-state index in [2.05, 4.69) is 5.14 Å². The van der Waals surface area contributed by atoms with Crippen LogP contribution in [0, 0.1) is 0 Å². The van der Waals surface area contributed by atoms with E-state index in [1.54, 1.807) is 22.6 Å². The van der Waals surface area contributed by atoms with Crippen LogP contribution in [0.5, 0.6) is 0 Å². The summed E-state index contributed by atoms with van der Waals surface area (Å²) in [6, 6.07) is 0. The van der Waals surface area contributed by atoms with Gasteiger partial charge < -0.3 is 0 Å². The van der Waals surface area contributed by atoms with Crippen molar-refractivity contribution in [1.29, 1.82) is 0 Å². The van der Waals surface area contributed by atoms with Crippen molar-refractivity contribution in [1.82, 2.24) is 0 Å². The standard InChI is InChI=1S/CH4INO2S/c2-1-6(3,4)5/h1H2,(H2,3,4,5). The number of rotatable bonds is 1. The van der Waals surface area contributed by atoms with Crippen LogP contribution in [0.3, 0.4) is 0 Å². The van der Waals surface area contributed by atoms with Gasteiger partial charge in [-0.05, 0) is 0 Å². The molecular formula is CH4INO2S. The molecule has 0 rings (SSSR count). The molecule has 0 aromatic rings. The fourth-order valence-electron chi connectivity index (χ4n) is 0. The highest BCUT2D eigenvalue weighted by atomic mass is 127. The lowest BCUT2D eigenvalue weighted by Crippen LogP contribution is -2.11. The summed E-state index contributed by atoms with van der Waals surface area (Å²) >= 11 is 1.68. The van der Waals surface area contributed by atoms with E-state index >= 15 is 0 Å². The van der Waals surface area contributed by atoms with Gasteiger partial charge in [-0.1, -0.05) is 22.6 Å². The van der Waals surface area contributed by atoms with Gasteiger partial charge in [0.05, 0.1) is 0 Å². The van der Waals surface area contributed by atoms with E-state index in [1.807, 2.05) is 0 Å². The Balaban J connectivity index is 3.85. The number of sulfonamides is 1. The first kappa shape index (κ1) is 6.64. The quantitative estimate of drug-likeness (QED) is 0.486. The number of hydrogen-bond acceptors (Lipinski definition) is 2. The zero-order valence-electron chi connectivity index (χ0n) is 2.89. The summed E-state index contributed by atoms with van der Waals surface area (Å²) in [5.41, 5.74) is 0. The number of hydrogen-bond donors (Lipinski definition) is 1. The second-order valence-electron chi connectivity index (χ2n) is 0.772. The predicted octanol–water partition coefficient (Wildman–Crippen LogP) is -0.333. The van der Waals surface area contributed by atoms with Crippen molar-refractivity contribution in [2.24, 2.45) is 5.14 Å². The van der Waals surface area contributed by atoms with E-state index in [0.717, 1.165) is 0 Å². The van der Waals surface area contributed by atoms with Crippen LogP contribution in [-0.4, -0.2) is 12.2 Å². The van der Waals surface area contributed by atoms with Gasteiger partial charge in [-0.3, -0.25) is 0 Å². The minimum Gasteiger partial charge on any atom is -0.228 e. The lowest BCUT2D eigenvalue weighted by molar-refractivity contribution is 0.603. The number of nitrogens with two attached hydrogens (primary N) is 1. The molecule has 0 unspecified atom stereocenters. The van der Waals surface area contributed by atoms with Crippen molar-refractivity contribution >= 4 is 32.6 Å². The molecule has 0 aromatic carbocycles. The fraction of sp³-hybridized carbons (Fsp3) is 1.00.